The average molecular weight is 367 g/mol. The van der Waals surface area contributed by atoms with E-state index in [9.17, 15) is 14.4 Å². The molecule has 2 heterocycles. The number of para-hydroxylation sites is 1. The van der Waals surface area contributed by atoms with Crippen LogP contribution in [0.15, 0.2) is 49.7 Å². The van der Waals surface area contributed by atoms with Gasteiger partial charge in [-0.3, -0.25) is 18.8 Å². The number of hydrogen-bond donors (Lipinski definition) is 0. The van der Waals surface area contributed by atoms with Crippen molar-refractivity contribution in [3.05, 3.63) is 78.5 Å². The molecule has 0 saturated carbocycles. The zero-order valence-electron chi connectivity index (χ0n) is 15.9. The maximum Gasteiger partial charge on any atom is 0.330 e. The van der Waals surface area contributed by atoms with Crippen LogP contribution in [0.2, 0.25) is 0 Å². The highest BCUT2D eigenvalue weighted by molar-refractivity contribution is 5.82. The monoisotopic (exact) mass is 367 g/mol. The Bertz CT molecular complexity index is 1220. The zero-order chi connectivity index (χ0) is 19.9. The highest BCUT2D eigenvalue weighted by atomic mass is 16.2. The third-order valence-corrected chi connectivity index (χ3v) is 4.85. The van der Waals surface area contributed by atoms with Gasteiger partial charge in [0.05, 0.1) is 16.9 Å². The van der Waals surface area contributed by atoms with Gasteiger partial charge < -0.3 is 4.57 Å². The molecule has 0 aliphatic rings. The van der Waals surface area contributed by atoms with Crippen LogP contribution in [0.4, 0.5) is 5.69 Å². The standard InChI is InChI=1S/C19H21N5O3/c1-12-15(17(25)22(4)19(27)21(12)3)11-20-16-13(2)23(5)24(18(16)26)14-9-7-6-8-10-14/h6-11H,1-5H3. The van der Waals surface area contributed by atoms with Crippen LogP contribution < -0.4 is 16.8 Å². The normalized spacial score (nSPS) is 11.4. The maximum absolute atomic E-state index is 12.9. The second-order valence-electron chi connectivity index (χ2n) is 6.37. The number of hydrogen-bond acceptors (Lipinski definition) is 4. The van der Waals surface area contributed by atoms with Gasteiger partial charge in [-0.2, -0.15) is 0 Å². The Kier molecular flexibility index (Phi) is 4.57. The first-order valence-corrected chi connectivity index (χ1v) is 8.40. The maximum atomic E-state index is 12.9. The lowest BCUT2D eigenvalue weighted by atomic mass is 10.2. The van der Waals surface area contributed by atoms with Gasteiger partial charge >= 0.3 is 5.69 Å². The SMILES string of the molecule is Cc1c(C=Nc2c(C)n(C)n(-c3ccccc3)c2=O)c(=O)n(C)c(=O)n1C. The summed E-state index contributed by atoms with van der Waals surface area (Å²) in [6.07, 6.45) is 1.36. The number of aliphatic imine (C=N–C) groups is 1. The summed E-state index contributed by atoms with van der Waals surface area (Å²) < 4.78 is 5.64. The second-order valence-corrected chi connectivity index (χ2v) is 6.37. The summed E-state index contributed by atoms with van der Waals surface area (Å²) in [5.41, 5.74) is 1.27. The number of rotatable bonds is 3. The third-order valence-electron chi connectivity index (χ3n) is 4.85. The molecule has 27 heavy (non-hydrogen) atoms. The van der Waals surface area contributed by atoms with Crippen molar-refractivity contribution in [1.29, 1.82) is 0 Å². The van der Waals surface area contributed by atoms with Crippen LogP contribution in [0, 0.1) is 13.8 Å². The summed E-state index contributed by atoms with van der Waals surface area (Å²) in [6, 6.07) is 9.25. The van der Waals surface area contributed by atoms with Crippen LogP contribution >= 0.6 is 0 Å². The van der Waals surface area contributed by atoms with Crippen molar-refractivity contribution in [2.45, 2.75) is 13.8 Å². The van der Waals surface area contributed by atoms with E-state index >= 15 is 0 Å². The van der Waals surface area contributed by atoms with Gasteiger partial charge in [-0.05, 0) is 26.0 Å². The van der Waals surface area contributed by atoms with E-state index in [4.69, 9.17) is 0 Å². The molecule has 0 amide bonds. The molecular formula is C19H21N5O3. The molecule has 1 aromatic carbocycles. The Morgan fingerprint density at radius 3 is 2.11 bits per heavy atom. The fraction of sp³-hybridized carbons (Fsp3) is 0.263. The first-order valence-electron chi connectivity index (χ1n) is 8.40. The van der Waals surface area contributed by atoms with Gasteiger partial charge in [-0.25, -0.2) is 14.5 Å². The third kappa shape index (κ3) is 2.88. The predicted octanol–water partition coefficient (Wildman–Crippen LogP) is 0.941. The summed E-state index contributed by atoms with van der Waals surface area (Å²) in [4.78, 5) is 41.6. The molecule has 8 heteroatoms. The van der Waals surface area contributed by atoms with Gasteiger partial charge in [0.1, 0.15) is 0 Å². The largest absolute Gasteiger partial charge is 0.330 e. The lowest BCUT2D eigenvalue weighted by Crippen LogP contribution is -2.40. The molecule has 0 N–H and O–H groups in total. The minimum absolute atomic E-state index is 0.247. The van der Waals surface area contributed by atoms with E-state index in [0.717, 1.165) is 10.3 Å². The van der Waals surface area contributed by atoms with Gasteiger partial charge in [0.15, 0.2) is 5.69 Å². The highest BCUT2D eigenvalue weighted by Gasteiger charge is 2.16. The molecule has 0 spiro atoms. The summed E-state index contributed by atoms with van der Waals surface area (Å²) >= 11 is 0. The van der Waals surface area contributed by atoms with Crippen molar-refractivity contribution in [3.63, 3.8) is 0 Å². The summed E-state index contributed by atoms with van der Waals surface area (Å²) in [7, 11) is 4.78. The van der Waals surface area contributed by atoms with E-state index in [1.165, 1.54) is 22.5 Å². The number of benzene rings is 1. The number of aromatic nitrogens is 4. The first kappa shape index (κ1) is 18.4. The quantitative estimate of drug-likeness (QED) is 0.646. The molecule has 0 radical (unpaired) electrons. The minimum Gasteiger partial charge on any atom is -0.300 e. The van der Waals surface area contributed by atoms with Crippen LogP contribution in [0.1, 0.15) is 17.0 Å². The fourth-order valence-electron chi connectivity index (χ4n) is 2.95. The smallest absolute Gasteiger partial charge is 0.300 e. The minimum atomic E-state index is -0.448. The molecular weight excluding hydrogens is 346 g/mol. The van der Waals surface area contributed by atoms with Crippen LogP contribution in [-0.2, 0) is 21.1 Å². The van der Waals surface area contributed by atoms with E-state index in [0.29, 0.717) is 11.4 Å². The van der Waals surface area contributed by atoms with Gasteiger partial charge in [0.2, 0.25) is 0 Å². The molecule has 0 fully saturated rings. The Labute approximate surface area is 155 Å². The van der Waals surface area contributed by atoms with E-state index in [1.54, 1.807) is 32.6 Å². The van der Waals surface area contributed by atoms with Crippen molar-refractivity contribution >= 4 is 11.9 Å². The second kappa shape index (κ2) is 6.71. The lowest BCUT2D eigenvalue weighted by molar-refractivity contribution is 0.630. The first-order chi connectivity index (χ1) is 12.8. The highest BCUT2D eigenvalue weighted by Crippen LogP contribution is 2.16. The molecule has 8 nitrogen and oxygen atoms in total. The molecule has 140 valence electrons. The molecule has 2 aromatic heterocycles. The zero-order valence-corrected chi connectivity index (χ0v) is 15.9. The molecule has 3 aromatic rings. The van der Waals surface area contributed by atoms with Crippen LogP contribution in [0.25, 0.3) is 5.69 Å². The van der Waals surface area contributed by atoms with E-state index in [2.05, 4.69) is 4.99 Å². The fourth-order valence-corrected chi connectivity index (χ4v) is 2.95. The lowest BCUT2D eigenvalue weighted by Gasteiger charge is -2.08. The van der Waals surface area contributed by atoms with Crippen LogP contribution in [0.3, 0.4) is 0 Å². The Morgan fingerprint density at radius 1 is 0.852 bits per heavy atom. The summed E-state index contributed by atoms with van der Waals surface area (Å²) in [5, 5.41) is 0. The van der Waals surface area contributed by atoms with Crippen molar-refractivity contribution < 1.29 is 0 Å². The van der Waals surface area contributed by atoms with Gasteiger partial charge in [-0.15, -0.1) is 0 Å². The molecule has 0 bridgehead atoms. The molecule has 3 rings (SSSR count). The molecule has 0 atom stereocenters. The van der Waals surface area contributed by atoms with Crippen LogP contribution in [-0.4, -0.2) is 24.7 Å². The van der Waals surface area contributed by atoms with Crippen molar-refractivity contribution in [1.82, 2.24) is 18.5 Å². The van der Waals surface area contributed by atoms with Gasteiger partial charge in [0.25, 0.3) is 11.1 Å². The molecule has 0 unspecified atom stereocenters. The van der Waals surface area contributed by atoms with E-state index < -0.39 is 11.2 Å². The van der Waals surface area contributed by atoms with E-state index in [-0.39, 0.29) is 16.8 Å². The summed E-state index contributed by atoms with van der Waals surface area (Å²) in [5.74, 6) is 0. The predicted molar refractivity (Wildman–Crippen MR) is 105 cm³/mol. The van der Waals surface area contributed by atoms with E-state index in [1.807, 2.05) is 30.3 Å². The van der Waals surface area contributed by atoms with Crippen molar-refractivity contribution in [2.24, 2.45) is 26.1 Å². The van der Waals surface area contributed by atoms with Gasteiger partial charge in [-0.1, -0.05) is 18.2 Å². The Balaban J connectivity index is 2.18. The van der Waals surface area contributed by atoms with Crippen LogP contribution in [0.5, 0.6) is 0 Å². The van der Waals surface area contributed by atoms with Crippen molar-refractivity contribution in [2.75, 3.05) is 0 Å². The summed E-state index contributed by atoms with van der Waals surface area (Å²) in [6.45, 7) is 3.46. The average Bonchev–Trinajstić information content (AvgIpc) is 2.88. The van der Waals surface area contributed by atoms with Crippen molar-refractivity contribution in [3.8, 4) is 5.69 Å². The Hall–Kier alpha value is -3.42. The Morgan fingerprint density at radius 2 is 1.48 bits per heavy atom. The van der Waals surface area contributed by atoms with Gasteiger partial charge in [0, 0.05) is 33.1 Å². The topological polar surface area (TPSA) is 83.3 Å². The molecule has 0 aliphatic carbocycles. The molecule has 0 saturated heterocycles. The number of nitrogens with zero attached hydrogens (tertiary/aromatic N) is 5. The molecule has 0 aliphatic heterocycles.